The predicted octanol–water partition coefficient (Wildman–Crippen LogP) is 6.41. The van der Waals surface area contributed by atoms with Crippen molar-refractivity contribution in [3.8, 4) is 0 Å². The zero-order valence-electron chi connectivity index (χ0n) is 18.6. The van der Waals surface area contributed by atoms with Gasteiger partial charge in [0.05, 0.1) is 0 Å². The molecule has 3 aromatic carbocycles. The van der Waals surface area contributed by atoms with Crippen molar-refractivity contribution in [1.29, 1.82) is 0 Å². The van der Waals surface area contributed by atoms with Gasteiger partial charge < -0.3 is 15.0 Å². The first-order valence-electron chi connectivity index (χ1n) is 11.1. The average molecular weight is 435 g/mol. The number of nitrogens with zero attached hydrogens (tertiary/aromatic N) is 1. The van der Waals surface area contributed by atoms with Crippen LogP contribution < -0.4 is 10.2 Å². The largest absolute Gasteiger partial charge is 0.381 e. The van der Waals surface area contributed by atoms with E-state index < -0.39 is 0 Å². The van der Waals surface area contributed by atoms with Gasteiger partial charge >= 0.3 is 0 Å². The minimum absolute atomic E-state index is 0.220. The number of carbonyl (C=O) groups is 1. The van der Waals surface area contributed by atoms with Gasteiger partial charge in [0.2, 0.25) is 0 Å². The molecule has 5 heteroatoms. The van der Waals surface area contributed by atoms with Crippen LogP contribution in [-0.4, -0.2) is 12.8 Å². The lowest BCUT2D eigenvalue weighted by Crippen LogP contribution is -2.26. The third-order valence-corrected chi connectivity index (χ3v) is 6.24. The molecule has 0 fully saturated rings. The summed E-state index contributed by atoms with van der Waals surface area (Å²) in [6.45, 7) is 5.53. The molecule has 166 valence electrons. The molecule has 0 aliphatic carbocycles. The number of hydrogen-bond donors (Lipinski definition) is 1. The third kappa shape index (κ3) is 4.52. The maximum Gasteiger partial charge on any atom is 0.128 e. The maximum absolute atomic E-state index is 14.3. The zero-order chi connectivity index (χ0) is 22.7. The number of aldehydes is 1. The maximum atomic E-state index is 14.3. The summed E-state index contributed by atoms with van der Waals surface area (Å²) in [5.74, 6) is -0.514. The molecule has 4 rings (SSSR count). The molecular formula is C27H28F2N2O. The van der Waals surface area contributed by atoms with Gasteiger partial charge in [0.25, 0.3) is 0 Å². The Bertz CT molecular complexity index is 1140. The van der Waals surface area contributed by atoms with E-state index in [4.69, 9.17) is 0 Å². The number of fused-ring (bicyclic) bond motifs is 1. The Balaban J connectivity index is 1.58. The van der Waals surface area contributed by atoms with Crippen LogP contribution in [0.2, 0.25) is 0 Å². The standard InChI is InChI=1S/C27H28F2N2O/c1-18-15-23(28)10-12-26(18)31-13-3-5-21-7-8-22(19(2)27(21)31)17-30-24-11-9-20(6-4-14-32)25(29)16-24/h7-12,14-16,30H,3-6,13,17H2,1-2H3. The van der Waals surface area contributed by atoms with Gasteiger partial charge in [0.15, 0.2) is 0 Å². The second kappa shape index (κ2) is 9.51. The molecule has 0 spiro atoms. The number of aryl methyl sites for hydroxylation is 3. The number of nitrogens with one attached hydrogen (secondary N) is 1. The molecular weight excluding hydrogens is 406 g/mol. The van der Waals surface area contributed by atoms with E-state index in [1.807, 2.05) is 19.1 Å². The van der Waals surface area contributed by atoms with Crippen molar-refractivity contribution in [3.63, 3.8) is 0 Å². The molecule has 1 aliphatic rings. The quantitative estimate of drug-likeness (QED) is 0.436. The fourth-order valence-corrected chi connectivity index (χ4v) is 4.54. The Kier molecular flexibility index (Phi) is 6.54. The first kappa shape index (κ1) is 22.0. The van der Waals surface area contributed by atoms with Crippen molar-refractivity contribution in [2.45, 2.75) is 46.1 Å². The summed E-state index contributed by atoms with van der Waals surface area (Å²) in [5, 5.41) is 3.33. The van der Waals surface area contributed by atoms with Gasteiger partial charge in [-0.25, -0.2) is 8.78 Å². The van der Waals surface area contributed by atoms with Crippen LogP contribution in [-0.2, 0) is 24.2 Å². The van der Waals surface area contributed by atoms with Crippen LogP contribution in [0.25, 0.3) is 0 Å². The summed E-state index contributed by atoms with van der Waals surface area (Å²) < 4.78 is 28.0. The molecule has 0 aromatic heterocycles. The van der Waals surface area contributed by atoms with Crippen LogP contribution in [0.4, 0.5) is 25.8 Å². The summed E-state index contributed by atoms with van der Waals surface area (Å²) in [6.07, 6.45) is 3.62. The van der Waals surface area contributed by atoms with Crippen LogP contribution in [0.3, 0.4) is 0 Å². The predicted molar refractivity (Wildman–Crippen MR) is 126 cm³/mol. The molecule has 32 heavy (non-hydrogen) atoms. The molecule has 0 saturated heterocycles. The highest BCUT2D eigenvalue weighted by molar-refractivity contribution is 5.74. The number of benzene rings is 3. The Labute approximate surface area is 188 Å². The van der Waals surface area contributed by atoms with Crippen molar-refractivity contribution >= 4 is 23.3 Å². The van der Waals surface area contributed by atoms with E-state index in [1.54, 1.807) is 12.1 Å². The minimum atomic E-state index is -0.294. The van der Waals surface area contributed by atoms with E-state index >= 15 is 0 Å². The topological polar surface area (TPSA) is 32.3 Å². The highest BCUT2D eigenvalue weighted by Gasteiger charge is 2.23. The minimum Gasteiger partial charge on any atom is -0.381 e. The summed E-state index contributed by atoms with van der Waals surface area (Å²) in [7, 11) is 0. The Morgan fingerprint density at radius 1 is 1.03 bits per heavy atom. The molecule has 1 aliphatic heterocycles. The first-order valence-corrected chi connectivity index (χ1v) is 11.1. The molecule has 0 radical (unpaired) electrons. The van der Waals surface area contributed by atoms with E-state index in [2.05, 4.69) is 29.3 Å². The first-order chi connectivity index (χ1) is 15.5. The van der Waals surface area contributed by atoms with Gasteiger partial charge in [-0.05, 0) is 91.3 Å². The fraction of sp³-hybridized carbons (Fsp3) is 0.296. The number of carbonyl (C=O) groups excluding carboxylic acids is 1. The van der Waals surface area contributed by atoms with Gasteiger partial charge in [-0.3, -0.25) is 0 Å². The van der Waals surface area contributed by atoms with Gasteiger partial charge in [0, 0.05) is 36.6 Å². The number of halogens is 2. The van der Waals surface area contributed by atoms with Crippen LogP contribution >= 0.6 is 0 Å². The van der Waals surface area contributed by atoms with Crippen molar-refractivity contribution < 1.29 is 13.6 Å². The highest BCUT2D eigenvalue weighted by atomic mass is 19.1. The average Bonchev–Trinajstić information content (AvgIpc) is 2.78. The van der Waals surface area contributed by atoms with Gasteiger partial charge in [-0.1, -0.05) is 18.2 Å². The highest BCUT2D eigenvalue weighted by Crippen LogP contribution is 2.39. The molecule has 1 N–H and O–H groups in total. The van der Waals surface area contributed by atoms with E-state index in [0.29, 0.717) is 30.6 Å². The van der Waals surface area contributed by atoms with Crippen molar-refractivity contribution in [3.05, 3.63) is 88.0 Å². The van der Waals surface area contributed by atoms with Crippen LogP contribution in [0.15, 0.2) is 48.5 Å². The Morgan fingerprint density at radius 3 is 2.59 bits per heavy atom. The van der Waals surface area contributed by atoms with E-state index in [0.717, 1.165) is 42.5 Å². The number of hydrogen-bond acceptors (Lipinski definition) is 3. The van der Waals surface area contributed by atoms with Gasteiger partial charge in [0.1, 0.15) is 17.9 Å². The molecule has 0 atom stereocenters. The van der Waals surface area contributed by atoms with E-state index in [-0.39, 0.29) is 11.6 Å². The summed E-state index contributed by atoms with van der Waals surface area (Å²) in [6, 6.07) is 14.3. The summed E-state index contributed by atoms with van der Waals surface area (Å²) >= 11 is 0. The third-order valence-electron chi connectivity index (χ3n) is 6.24. The number of anilines is 3. The SMILES string of the molecule is Cc1cc(F)ccc1N1CCCc2ccc(CNc3ccc(CCC=O)c(F)c3)c(C)c21. The lowest BCUT2D eigenvalue weighted by atomic mass is 9.93. The Hall–Kier alpha value is -3.21. The number of rotatable bonds is 7. The molecule has 3 nitrogen and oxygen atoms in total. The van der Waals surface area contributed by atoms with Crippen molar-refractivity contribution in [2.75, 3.05) is 16.8 Å². The summed E-state index contributed by atoms with van der Waals surface area (Å²) in [5.41, 5.74) is 8.04. The molecule has 3 aromatic rings. The molecule has 1 heterocycles. The molecule has 0 amide bonds. The Morgan fingerprint density at radius 2 is 1.84 bits per heavy atom. The lowest BCUT2D eigenvalue weighted by Gasteiger charge is -2.35. The van der Waals surface area contributed by atoms with Crippen molar-refractivity contribution in [1.82, 2.24) is 0 Å². The monoisotopic (exact) mass is 434 g/mol. The molecule has 0 saturated carbocycles. The van der Waals surface area contributed by atoms with E-state index in [9.17, 15) is 13.6 Å². The van der Waals surface area contributed by atoms with Crippen LogP contribution in [0, 0.1) is 25.5 Å². The van der Waals surface area contributed by atoms with Gasteiger partial charge in [-0.15, -0.1) is 0 Å². The smallest absolute Gasteiger partial charge is 0.128 e. The lowest BCUT2D eigenvalue weighted by molar-refractivity contribution is -0.107. The zero-order valence-corrected chi connectivity index (χ0v) is 18.6. The summed E-state index contributed by atoms with van der Waals surface area (Å²) in [4.78, 5) is 12.8. The van der Waals surface area contributed by atoms with E-state index in [1.165, 1.54) is 28.9 Å². The van der Waals surface area contributed by atoms with Crippen LogP contribution in [0.5, 0.6) is 0 Å². The van der Waals surface area contributed by atoms with Crippen molar-refractivity contribution in [2.24, 2.45) is 0 Å². The normalized spacial score (nSPS) is 13.1. The second-order valence-electron chi connectivity index (χ2n) is 8.41. The van der Waals surface area contributed by atoms with Crippen LogP contribution in [0.1, 0.15) is 40.7 Å². The molecule has 0 unspecified atom stereocenters. The van der Waals surface area contributed by atoms with Gasteiger partial charge in [-0.2, -0.15) is 0 Å². The fourth-order valence-electron chi connectivity index (χ4n) is 4.54. The molecule has 0 bridgehead atoms. The second-order valence-corrected chi connectivity index (χ2v) is 8.41.